The van der Waals surface area contributed by atoms with Gasteiger partial charge in [-0.15, -0.1) is 0 Å². The van der Waals surface area contributed by atoms with Crippen molar-refractivity contribution < 1.29 is 0 Å². The normalized spacial score (nSPS) is 9.44. The minimum absolute atomic E-state index is 0.538. The van der Waals surface area contributed by atoms with Crippen LogP contribution in [-0.4, -0.2) is 6.54 Å². The molecule has 2 aromatic carbocycles. The molecule has 0 aliphatic carbocycles. The zero-order chi connectivity index (χ0) is 12.8. The van der Waals surface area contributed by atoms with Crippen molar-refractivity contribution in [3.8, 4) is 11.8 Å². The Balaban J connectivity index is 1.95. The Morgan fingerprint density at radius 2 is 1.78 bits per heavy atom. The average Bonchev–Trinajstić information content (AvgIpc) is 2.38. The van der Waals surface area contributed by atoms with Crippen LogP contribution in [0.3, 0.4) is 0 Å². The first kappa shape index (κ1) is 12.8. The molecular formula is C15H11Cl2N. The Bertz CT molecular complexity index is 582. The second kappa shape index (κ2) is 6.35. The van der Waals surface area contributed by atoms with Crippen molar-refractivity contribution in [3.63, 3.8) is 0 Å². The number of anilines is 1. The molecule has 0 spiro atoms. The highest BCUT2D eigenvalue weighted by atomic mass is 35.5. The summed E-state index contributed by atoms with van der Waals surface area (Å²) in [7, 11) is 0. The summed E-state index contributed by atoms with van der Waals surface area (Å²) in [5.41, 5.74) is 1.84. The Morgan fingerprint density at radius 1 is 1.00 bits per heavy atom. The molecule has 2 rings (SSSR count). The number of hydrogen-bond acceptors (Lipinski definition) is 1. The molecule has 0 amide bonds. The fourth-order valence-corrected chi connectivity index (χ4v) is 1.92. The zero-order valence-electron chi connectivity index (χ0n) is 9.58. The van der Waals surface area contributed by atoms with E-state index in [1.54, 1.807) is 12.1 Å². The second-order valence-corrected chi connectivity index (χ2v) is 4.49. The van der Waals surface area contributed by atoms with Gasteiger partial charge in [-0.25, -0.2) is 0 Å². The summed E-state index contributed by atoms with van der Waals surface area (Å²) in [6, 6.07) is 15.2. The third-order valence-electron chi connectivity index (χ3n) is 2.30. The largest absolute Gasteiger partial charge is 0.373 e. The lowest BCUT2D eigenvalue weighted by atomic mass is 10.2. The van der Waals surface area contributed by atoms with Gasteiger partial charge >= 0.3 is 0 Å². The van der Waals surface area contributed by atoms with Crippen LogP contribution in [-0.2, 0) is 0 Å². The minimum atomic E-state index is 0.538. The third-order valence-corrected chi connectivity index (χ3v) is 2.85. The lowest BCUT2D eigenvalue weighted by molar-refractivity contribution is 1.38. The lowest BCUT2D eigenvalue weighted by Crippen LogP contribution is -1.99. The van der Waals surface area contributed by atoms with E-state index in [9.17, 15) is 0 Å². The zero-order valence-corrected chi connectivity index (χ0v) is 11.1. The third kappa shape index (κ3) is 3.70. The predicted molar refractivity (Wildman–Crippen MR) is 78.3 cm³/mol. The first-order valence-electron chi connectivity index (χ1n) is 5.48. The minimum Gasteiger partial charge on any atom is -0.373 e. The van der Waals surface area contributed by atoms with Gasteiger partial charge in [-0.1, -0.05) is 53.2 Å². The number of rotatable bonds is 2. The lowest BCUT2D eigenvalue weighted by Gasteiger charge is -2.04. The second-order valence-electron chi connectivity index (χ2n) is 3.65. The highest BCUT2D eigenvalue weighted by Crippen LogP contribution is 2.24. The topological polar surface area (TPSA) is 12.0 Å². The van der Waals surface area contributed by atoms with Crippen LogP contribution in [0.2, 0.25) is 10.0 Å². The van der Waals surface area contributed by atoms with Gasteiger partial charge in [-0.2, -0.15) is 0 Å². The maximum absolute atomic E-state index is 6.03. The molecule has 0 atom stereocenters. The van der Waals surface area contributed by atoms with Crippen LogP contribution in [0, 0.1) is 11.8 Å². The highest BCUT2D eigenvalue weighted by molar-refractivity contribution is 6.36. The monoisotopic (exact) mass is 275 g/mol. The van der Waals surface area contributed by atoms with Gasteiger partial charge in [-0.05, 0) is 30.3 Å². The fourth-order valence-electron chi connectivity index (χ4n) is 1.44. The van der Waals surface area contributed by atoms with E-state index < -0.39 is 0 Å². The molecule has 0 radical (unpaired) electrons. The summed E-state index contributed by atoms with van der Waals surface area (Å²) in [5.74, 6) is 6.10. The van der Waals surface area contributed by atoms with E-state index in [1.807, 2.05) is 36.4 Å². The van der Waals surface area contributed by atoms with Crippen LogP contribution in [0.1, 0.15) is 5.56 Å². The van der Waals surface area contributed by atoms with Crippen molar-refractivity contribution in [1.82, 2.24) is 0 Å². The molecule has 0 bridgehead atoms. The Hall–Kier alpha value is -1.62. The Morgan fingerprint density at radius 3 is 2.50 bits per heavy atom. The van der Waals surface area contributed by atoms with Crippen LogP contribution in [0.5, 0.6) is 0 Å². The van der Waals surface area contributed by atoms with E-state index in [-0.39, 0.29) is 0 Å². The van der Waals surface area contributed by atoms with Crippen molar-refractivity contribution >= 4 is 28.9 Å². The van der Waals surface area contributed by atoms with E-state index in [0.717, 1.165) is 11.3 Å². The molecule has 0 aliphatic rings. The van der Waals surface area contributed by atoms with Crippen molar-refractivity contribution in [2.45, 2.75) is 0 Å². The van der Waals surface area contributed by atoms with Gasteiger partial charge in [0.2, 0.25) is 0 Å². The Labute approximate surface area is 117 Å². The fraction of sp³-hybridized carbons (Fsp3) is 0.0667. The average molecular weight is 276 g/mol. The number of halogens is 2. The highest BCUT2D eigenvalue weighted by Gasteiger charge is 1.98. The summed E-state index contributed by atoms with van der Waals surface area (Å²) >= 11 is 11.8. The SMILES string of the molecule is Clc1ccc(NCC#Cc2ccccc2)c(Cl)c1. The molecule has 0 fully saturated rings. The summed E-state index contributed by atoms with van der Waals surface area (Å²) < 4.78 is 0. The van der Waals surface area contributed by atoms with Crippen LogP contribution >= 0.6 is 23.2 Å². The van der Waals surface area contributed by atoms with Crippen LogP contribution < -0.4 is 5.32 Å². The number of benzene rings is 2. The van der Waals surface area contributed by atoms with Gasteiger partial charge in [0.05, 0.1) is 17.3 Å². The van der Waals surface area contributed by atoms with Crippen molar-refractivity contribution in [1.29, 1.82) is 0 Å². The maximum atomic E-state index is 6.03. The van der Waals surface area contributed by atoms with Crippen molar-refractivity contribution in [2.24, 2.45) is 0 Å². The quantitative estimate of drug-likeness (QED) is 0.799. The molecule has 0 aliphatic heterocycles. The van der Waals surface area contributed by atoms with Gasteiger partial charge in [0, 0.05) is 10.6 Å². The van der Waals surface area contributed by atoms with Crippen LogP contribution in [0.15, 0.2) is 48.5 Å². The number of nitrogens with one attached hydrogen (secondary N) is 1. The van der Waals surface area contributed by atoms with E-state index >= 15 is 0 Å². The molecule has 0 heterocycles. The van der Waals surface area contributed by atoms with E-state index in [1.165, 1.54) is 0 Å². The van der Waals surface area contributed by atoms with Crippen molar-refractivity contribution in [3.05, 3.63) is 64.1 Å². The molecule has 1 N–H and O–H groups in total. The van der Waals surface area contributed by atoms with Gasteiger partial charge < -0.3 is 5.32 Å². The molecule has 1 nitrogen and oxygen atoms in total. The predicted octanol–water partition coefficient (Wildman–Crippen LogP) is 4.46. The smallest absolute Gasteiger partial charge is 0.0770 e. The van der Waals surface area contributed by atoms with E-state index in [2.05, 4.69) is 17.2 Å². The molecule has 0 aromatic heterocycles. The first-order valence-corrected chi connectivity index (χ1v) is 6.24. The molecule has 3 heteroatoms. The van der Waals surface area contributed by atoms with E-state index in [4.69, 9.17) is 23.2 Å². The molecule has 90 valence electrons. The van der Waals surface area contributed by atoms with Gasteiger partial charge in [0.15, 0.2) is 0 Å². The summed E-state index contributed by atoms with van der Waals surface area (Å²) in [6.07, 6.45) is 0. The first-order chi connectivity index (χ1) is 8.75. The van der Waals surface area contributed by atoms with Crippen LogP contribution in [0.25, 0.3) is 0 Å². The van der Waals surface area contributed by atoms with E-state index in [0.29, 0.717) is 16.6 Å². The molecule has 0 unspecified atom stereocenters. The maximum Gasteiger partial charge on any atom is 0.0770 e. The molecular weight excluding hydrogens is 265 g/mol. The van der Waals surface area contributed by atoms with Crippen molar-refractivity contribution in [2.75, 3.05) is 11.9 Å². The van der Waals surface area contributed by atoms with Gasteiger partial charge in [0.1, 0.15) is 0 Å². The van der Waals surface area contributed by atoms with Gasteiger partial charge in [0.25, 0.3) is 0 Å². The standard InChI is InChI=1S/C15H11Cl2N/c16-13-8-9-15(14(17)11-13)18-10-4-7-12-5-2-1-3-6-12/h1-3,5-6,8-9,11,18H,10H2. The molecule has 2 aromatic rings. The molecule has 0 saturated carbocycles. The molecule has 0 saturated heterocycles. The summed E-state index contributed by atoms with van der Waals surface area (Å²) in [4.78, 5) is 0. The summed E-state index contributed by atoms with van der Waals surface area (Å²) in [5, 5.41) is 4.37. The number of hydrogen-bond donors (Lipinski definition) is 1. The molecule has 18 heavy (non-hydrogen) atoms. The Kier molecular flexibility index (Phi) is 4.52. The van der Waals surface area contributed by atoms with Gasteiger partial charge in [-0.3, -0.25) is 0 Å². The summed E-state index contributed by atoms with van der Waals surface area (Å²) in [6.45, 7) is 0.538. The van der Waals surface area contributed by atoms with Crippen LogP contribution in [0.4, 0.5) is 5.69 Å².